The summed E-state index contributed by atoms with van der Waals surface area (Å²) < 4.78 is 39.4. The molecule has 0 aliphatic rings. The zero-order chi connectivity index (χ0) is 48.4. The molecule has 2 N–H and O–H groups in total. The maximum Gasteiger partial charge on any atom is 0.472 e. The Kier molecular flexibility index (Phi) is 48.7. The van der Waals surface area contributed by atoms with E-state index in [1.807, 2.05) is 0 Å². The van der Waals surface area contributed by atoms with Crippen molar-refractivity contribution < 1.29 is 52.2 Å². The summed E-state index contributed by atoms with van der Waals surface area (Å²) in [7, 11) is -4.73. The molecule has 12 heteroatoms. The van der Waals surface area contributed by atoms with Crippen LogP contribution in [0.4, 0.5) is 0 Å². The van der Waals surface area contributed by atoms with Gasteiger partial charge in [0.15, 0.2) is 6.10 Å². The van der Waals surface area contributed by atoms with E-state index in [4.69, 9.17) is 23.3 Å². The monoisotopic (exact) mass is 961 g/mol. The fraction of sp³-hybridized carbons (Fsp3) is 0.944. The third-order valence-electron chi connectivity index (χ3n) is 12.5. The van der Waals surface area contributed by atoms with Crippen LogP contribution in [-0.2, 0) is 42.2 Å². The van der Waals surface area contributed by atoms with Crippen LogP contribution in [0.2, 0.25) is 0 Å². The molecule has 0 aliphatic heterocycles. The first-order chi connectivity index (χ1) is 32.2. The third-order valence-corrected chi connectivity index (χ3v) is 13.5. The molecule has 3 atom stereocenters. The highest BCUT2D eigenvalue weighted by molar-refractivity contribution is 7.47. The van der Waals surface area contributed by atoms with Gasteiger partial charge in [0, 0.05) is 19.3 Å². The second-order valence-electron chi connectivity index (χ2n) is 19.1. The van der Waals surface area contributed by atoms with Crippen molar-refractivity contribution in [2.75, 3.05) is 26.4 Å². The van der Waals surface area contributed by atoms with Gasteiger partial charge in [-0.2, -0.15) is 0 Å². The zero-order valence-electron chi connectivity index (χ0n) is 43.2. The van der Waals surface area contributed by atoms with Gasteiger partial charge in [-0.15, -0.1) is 0 Å². The first-order valence-electron chi connectivity index (χ1n) is 27.9. The molecule has 0 radical (unpaired) electrons. The average Bonchev–Trinajstić information content (AvgIpc) is 3.30. The number of aliphatic hydroxyl groups excluding tert-OH is 1. The van der Waals surface area contributed by atoms with Gasteiger partial charge in [0.2, 0.25) is 0 Å². The van der Waals surface area contributed by atoms with E-state index in [9.17, 15) is 28.9 Å². The van der Waals surface area contributed by atoms with Gasteiger partial charge in [-0.1, -0.05) is 252 Å². The fourth-order valence-corrected chi connectivity index (χ4v) is 9.02. The van der Waals surface area contributed by atoms with Gasteiger partial charge in [-0.3, -0.25) is 23.4 Å². The predicted octanol–water partition coefficient (Wildman–Crippen LogP) is 15.9. The van der Waals surface area contributed by atoms with Crippen LogP contribution < -0.4 is 0 Å². The fourth-order valence-electron chi connectivity index (χ4n) is 8.24. The predicted molar refractivity (Wildman–Crippen MR) is 270 cm³/mol. The van der Waals surface area contributed by atoms with Gasteiger partial charge >= 0.3 is 25.7 Å². The highest BCUT2D eigenvalue weighted by atomic mass is 31.2. The number of phosphoric ester groups is 1. The van der Waals surface area contributed by atoms with E-state index < -0.39 is 57.8 Å². The third kappa shape index (κ3) is 47.5. The molecule has 0 rings (SSSR count). The minimum atomic E-state index is -4.73. The Bertz CT molecular complexity index is 1120. The van der Waals surface area contributed by atoms with Crippen molar-refractivity contribution >= 4 is 25.7 Å². The van der Waals surface area contributed by atoms with Gasteiger partial charge in [0.25, 0.3) is 0 Å². The van der Waals surface area contributed by atoms with Crippen LogP contribution in [0.15, 0.2) is 0 Å². The molecule has 66 heavy (non-hydrogen) atoms. The Balaban J connectivity index is 4.66. The summed E-state index contributed by atoms with van der Waals surface area (Å²) in [5.74, 6) is -1.43. The second-order valence-corrected chi connectivity index (χ2v) is 20.6. The lowest BCUT2D eigenvalue weighted by Crippen LogP contribution is -2.30. The Morgan fingerprint density at radius 3 is 0.894 bits per heavy atom. The van der Waals surface area contributed by atoms with E-state index in [-0.39, 0.29) is 25.9 Å². The van der Waals surface area contributed by atoms with Gasteiger partial charge in [-0.05, 0) is 19.3 Å². The lowest BCUT2D eigenvalue weighted by atomic mass is 10.0. The molecule has 0 amide bonds. The molecule has 0 heterocycles. The molecule has 0 aromatic rings. The summed E-state index contributed by atoms with van der Waals surface area (Å²) in [5.41, 5.74) is 0. The molecule has 0 aromatic heterocycles. The summed E-state index contributed by atoms with van der Waals surface area (Å²) in [6.45, 7) is 4.69. The number of carbonyl (C=O) groups is 3. The lowest BCUT2D eigenvalue weighted by Gasteiger charge is -2.21. The first kappa shape index (κ1) is 64.5. The molecular weight excluding hydrogens is 856 g/mol. The maximum atomic E-state index is 12.9. The van der Waals surface area contributed by atoms with E-state index >= 15 is 0 Å². The minimum Gasteiger partial charge on any atom is -0.462 e. The number of hydrogen-bond donors (Lipinski definition) is 2. The Morgan fingerprint density at radius 2 is 0.606 bits per heavy atom. The Morgan fingerprint density at radius 1 is 0.364 bits per heavy atom. The molecular formula is C54H105O11P. The van der Waals surface area contributed by atoms with Crippen molar-refractivity contribution in [3.8, 4) is 0 Å². The van der Waals surface area contributed by atoms with Crippen LogP contribution in [0.25, 0.3) is 0 Å². The van der Waals surface area contributed by atoms with Crippen LogP contribution in [-0.4, -0.2) is 66.5 Å². The van der Waals surface area contributed by atoms with Gasteiger partial charge < -0.3 is 24.2 Å². The number of esters is 3. The molecule has 3 unspecified atom stereocenters. The van der Waals surface area contributed by atoms with Crippen LogP contribution >= 0.6 is 7.82 Å². The minimum absolute atomic E-state index is 0.178. The van der Waals surface area contributed by atoms with Crippen molar-refractivity contribution in [3.05, 3.63) is 0 Å². The standard InChI is InChI=1S/C54H105O11P/c1-4-7-10-13-16-19-22-25-28-31-34-37-40-43-52(56)61-47-51(65-54(58)45-42-39-36-33-30-27-24-21-18-15-12-9-6-3)49-63-66(59,60)62-48-50(46-55)64-53(57)44-41-38-35-32-29-26-23-20-17-14-11-8-5-2/h50-51,55H,4-49H2,1-3H3,(H,59,60). The highest BCUT2D eigenvalue weighted by Gasteiger charge is 2.28. The van der Waals surface area contributed by atoms with E-state index in [1.165, 1.54) is 173 Å². The number of rotatable bonds is 53. The summed E-state index contributed by atoms with van der Waals surface area (Å²) in [6, 6.07) is 0. The van der Waals surface area contributed by atoms with Gasteiger partial charge in [0.05, 0.1) is 19.8 Å². The van der Waals surface area contributed by atoms with Crippen LogP contribution in [0.5, 0.6) is 0 Å². The molecule has 392 valence electrons. The highest BCUT2D eigenvalue weighted by Crippen LogP contribution is 2.43. The Hall–Kier alpha value is -1.52. The maximum absolute atomic E-state index is 12.9. The molecule has 0 bridgehead atoms. The zero-order valence-corrected chi connectivity index (χ0v) is 44.1. The van der Waals surface area contributed by atoms with E-state index in [0.29, 0.717) is 19.3 Å². The van der Waals surface area contributed by atoms with Crippen LogP contribution in [0.1, 0.15) is 290 Å². The van der Waals surface area contributed by atoms with Crippen molar-refractivity contribution in [1.29, 1.82) is 0 Å². The largest absolute Gasteiger partial charge is 0.472 e. The van der Waals surface area contributed by atoms with Crippen LogP contribution in [0.3, 0.4) is 0 Å². The smallest absolute Gasteiger partial charge is 0.462 e. The summed E-state index contributed by atoms with van der Waals surface area (Å²) in [5, 5.41) is 9.78. The molecule has 11 nitrogen and oxygen atoms in total. The molecule has 0 saturated carbocycles. The average molecular weight is 961 g/mol. The van der Waals surface area contributed by atoms with Gasteiger partial charge in [0.1, 0.15) is 12.7 Å². The topological polar surface area (TPSA) is 155 Å². The normalized spacial score (nSPS) is 13.3. The van der Waals surface area contributed by atoms with Crippen molar-refractivity contribution in [2.24, 2.45) is 0 Å². The molecule has 0 aromatic carbocycles. The Labute approximate surface area is 405 Å². The molecule has 0 saturated heterocycles. The number of carbonyl (C=O) groups excluding carboxylic acids is 3. The number of phosphoric acid groups is 1. The molecule has 0 spiro atoms. The van der Waals surface area contributed by atoms with Crippen molar-refractivity contribution in [2.45, 2.75) is 303 Å². The quantitative estimate of drug-likeness (QED) is 0.0259. The summed E-state index contributed by atoms with van der Waals surface area (Å²) in [4.78, 5) is 48.4. The second kappa shape index (κ2) is 49.9. The number of ether oxygens (including phenoxy) is 3. The molecule has 0 aliphatic carbocycles. The van der Waals surface area contributed by atoms with Crippen molar-refractivity contribution in [1.82, 2.24) is 0 Å². The van der Waals surface area contributed by atoms with Crippen molar-refractivity contribution in [3.63, 3.8) is 0 Å². The van der Waals surface area contributed by atoms with E-state index in [0.717, 1.165) is 57.8 Å². The van der Waals surface area contributed by atoms with Gasteiger partial charge in [-0.25, -0.2) is 4.57 Å². The lowest BCUT2D eigenvalue weighted by molar-refractivity contribution is -0.161. The first-order valence-corrected chi connectivity index (χ1v) is 29.4. The SMILES string of the molecule is CCCCCCCCCCCCCCCC(=O)OCC(COP(=O)(O)OCC(CO)OC(=O)CCCCCCCCCCCCCCC)OC(=O)CCCCCCCCCCCCCCC. The molecule has 0 fully saturated rings. The van der Waals surface area contributed by atoms with E-state index in [1.54, 1.807) is 0 Å². The van der Waals surface area contributed by atoms with E-state index in [2.05, 4.69) is 20.8 Å². The number of aliphatic hydroxyl groups is 1. The summed E-state index contributed by atoms with van der Waals surface area (Å²) in [6.07, 6.45) is 44.8. The summed E-state index contributed by atoms with van der Waals surface area (Å²) >= 11 is 0. The number of unbranched alkanes of at least 4 members (excludes halogenated alkanes) is 36. The van der Waals surface area contributed by atoms with Crippen LogP contribution in [0, 0.1) is 0 Å². The number of hydrogen-bond acceptors (Lipinski definition) is 10.